The van der Waals surface area contributed by atoms with E-state index in [1.165, 1.54) is 43.2 Å². The highest BCUT2D eigenvalue weighted by atomic mass is 16.3. The number of aliphatic hydroxyl groups excluding tert-OH is 1. The first-order valence-corrected chi connectivity index (χ1v) is 9.28. The maximum absolute atomic E-state index is 9.49. The van der Waals surface area contributed by atoms with Gasteiger partial charge in [0.1, 0.15) is 0 Å². The van der Waals surface area contributed by atoms with Crippen LogP contribution in [0.3, 0.4) is 0 Å². The molecule has 0 bridgehead atoms. The van der Waals surface area contributed by atoms with E-state index in [0.717, 1.165) is 5.56 Å². The molecular formula is C22H29NO. The second-order valence-electron chi connectivity index (χ2n) is 7.08. The molecule has 1 fully saturated rings. The largest absolute Gasteiger partial charge is 0.392 e. The summed E-state index contributed by atoms with van der Waals surface area (Å²) in [6.07, 6.45) is 6.63. The Bertz CT molecular complexity index is 619. The van der Waals surface area contributed by atoms with Crippen molar-refractivity contribution < 1.29 is 5.11 Å². The summed E-state index contributed by atoms with van der Waals surface area (Å²) in [5, 5.41) is 13.4. The van der Waals surface area contributed by atoms with Gasteiger partial charge in [0.05, 0.1) is 6.61 Å². The van der Waals surface area contributed by atoms with E-state index in [4.69, 9.17) is 0 Å². The number of aliphatic hydroxyl groups is 1. The van der Waals surface area contributed by atoms with Crippen molar-refractivity contribution >= 4 is 0 Å². The summed E-state index contributed by atoms with van der Waals surface area (Å²) in [5.41, 5.74) is 3.65. The number of benzene rings is 2. The molecule has 0 aromatic heterocycles. The maximum Gasteiger partial charge on any atom is 0.0681 e. The van der Waals surface area contributed by atoms with E-state index in [2.05, 4.69) is 60.8 Å². The van der Waals surface area contributed by atoms with Crippen LogP contribution in [-0.4, -0.2) is 5.11 Å². The summed E-state index contributed by atoms with van der Waals surface area (Å²) in [6, 6.07) is 19.8. The molecule has 3 rings (SSSR count). The molecule has 1 unspecified atom stereocenters. The minimum absolute atomic E-state index is 0.111. The predicted molar refractivity (Wildman–Crippen MR) is 99.7 cm³/mol. The molecule has 2 N–H and O–H groups in total. The Hall–Kier alpha value is -1.64. The van der Waals surface area contributed by atoms with Crippen LogP contribution in [0.15, 0.2) is 54.6 Å². The van der Waals surface area contributed by atoms with E-state index < -0.39 is 0 Å². The van der Waals surface area contributed by atoms with E-state index in [0.29, 0.717) is 18.0 Å². The molecule has 0 aliphatic heterocycles. The molecular weight excluding hydrogens is 294 g/mol. The van der Waals surface area contributed by atoms with Gasteiger partial charge in [0, 0.05) is 12.1 Å². The molecule has 2 atom stereocenters. The Morgan fingerprint density at radius 1 is 0.958 bits per heavy atom. The lowest BCUT2D eigenvalue weighted by molar-refractivity contribution is 0.256. The van der Waals surface area contributed by atoms with E-state index in [1.54, 1.807) is 0 Å². The number of hydrogen-bond donors (Lipinski definition) is 2. The summed E-state index contributed by atoms with van der Waals surface area (Å²) < 4.78 is 0. The zero-order chi connectivity index (χ0) is 16.8. The lowest BCUT2D eigenvalue weighted by atomic mass is 9.80. The minimum Gasteiger partial charge on any atom is -0.392 e. The third kappa shape index (κ3) is 4.25. The molecule has 1 aliphatic carbocycles. The summed E-state index contributed by atoms with van der Waals surface area (Å²) in [6.45, 7) is 2.36. The van der Waals surface area contributed by atoms with Crippen LogP contribution in [0.4, 0.5) is 0 Å². The Morgan fingerprint density at radius 3 is 2.38 bits per heavy atom. The smallest absolute Gasteiger partial charge is 0.0681 e. The molecule has 0 radical (unpaired) electrons. The van der Waals surface area contributed by atoms with Gasteiger partial charge in [-0.2, -0.15) is 0 Å². The average Bonchev–Trinajstić information content (AvgIpc) is 2.67. The highest BCUT2D eigenvalue weighted by Crippen LogP contribution is 2.36. The average molecular weight is 323 g/mol. The van der Waals surface area contributed by atoms with Gasteiger partial charge in [0.15, 0.2) is 0 Å². The molecule has 2 heteroatoms. The zero-order valence-corrected chi connectivity index (χ0v) is 14.6. The van der Waals surface area contributed by atoms with E-state index >= 15 is 0 Å². The van der Waals surface area contributed by atoms with Crippen LogP contribution in [0.2, 0.25) is 0 Å². The lowest BCUT2D eigenvalue weighted by Gasteiger charge is -2.34. The Kier molecular flexibility index (Phi) is 6.06. The van der Waals surface area contributed by atoms with Gasteiger partial charge in [-0.3, -0.25) is 0 Å². The highest BCUT2D eigenvalue weighted by molar-refractivity contribution is 5.27. The summed E-state index contributed by atoms with van der Waals surface area (Å²) in [7, 11) is 0. The van der Waals surface area contributed by atoms with Gasteiger partial charge < -0.3 is 10.4 Å². The second-order valence-corrected chi connectivity index (χ2v) is 7.08. The molecule has 0 saturated heterocycles. The third-order valence-electron chi connectivity index (χ3n) is 5.34. The van der Waals surface area contributed by atoms with Crippen LogP contribution in [0.25, 0.3) is 0 Å². The molecule has 2 aromatic rings. The van der Waals surface area contributed by atoms with Crippen molar-refractivity contribution in [1.29, 1.82) is 0 Å². The highest BCUT2D eigenvalue weighted by Gasteiger charge is 2.26. The predicted octanol–water partition coefficient (Wildman–Crippen LogP) is 5.15. The van der Waals surface area contributed by atoms with Crippen LogP contribution in [0, 0.1) is 5.92 Å². The van der Waals surface area contributed by atoms with Crippen LogP contribution in [0.5, 0.6) is 0 Å². The normalized spacial score (nSPS) is 18.2. The molecule has 24 heavy (non-hydrogen) atoms. The molecule has 1 aliphatic rings. The van der Waals surface area contributed by atoms with Crippen molar-refractivity contribution in [3.05, 3.63) is 71.3 Å². The van der Waals surface area contributed by atoms with Crippen LogP contribution < -0.4 is 5.32 Å². The maximum atomic E-state index is 9.49. The summed E-state index contributed by atoms with van der Waals surface area (Å²) >= 11 is 0. The Balaban J connectivity index is 1.83. The quantitative estimate of drug-likeness (QED) is 0.770. The Labute approximate surface area is 145 Å². The third-order valence-corrected chi connectivity index (χ3v) is 5.34. The standard InChI is InChI=1S/C22H29NO/c1-17(19-10-4-2-5-11-19)23-22(20-12-6-3-7-13-20)21-14-8-9-18(15-21)16-24/h2,4-5,8-11,14-15,17,20,22-24H,3,6-7,12-13,16H2,1H3/t17-,22?/m1/s1. The van der Waals surface area contributed by atoms with Gasteiger partial charge in [-0.15, -0.1) is 0 Å². The van der Waals surface area contributed by atoms with Gasteiger partial charge in [0.25, 0.3) is 0 Å². The van der Waals surface area contributed by atoms with Crippen molar-refractivity contribution in [1.82, 2.24) is 5.32 Å². The summed E-state index contributed by atoms with van der Waals surface area (Å²) in [4.78, 5) is 0. The Morgan fingerprint density at radius 2 is 1.67 bits per heavy atom. The number of rotatable bonds is 6. The van der Waals surface area contributed by atoms with Gasteiger partial charge in [0.2, 0.25) is 0 Å². The van der Waals surface area contributed by atoms with Crippen molar-refractivity contribution in [2.75, 3.05) is 0 Å². The topological polar surface area (TPSA) is 32.3 Å². The first-order chi connectivity index (χ1) is 11.8. The fourth-order valence-corrected chi connectivity index (χ4v) is 3.96. The van der Waals surface area contributed by atoms with Crippen molar-refractivity contribution in [3.63, 3.8) is 0 Å². The van der Waals surface area contributed by atoms with Gasteiger partial charge in [-0.05, 0) is 42.4 Å². The lowest BCUT2D eigenvalue weighted by Crippen LogP contribution is -2.32. The second kappa shape index (κ2) is 8.46. The molecule has 128 valence electrons. The molecule has 2 aromatic carbocycles. The fourth-order valence-electron chi connectivity index (χ4n) is 3.96. The first-order valence-electron chi connectivity index (χ1n) is 9.28. The van der Waals surface area contributed by atoms with Crippen molar-refractivity contribution in [2.45, 2.75) is 57.7 Å². The van der Waals surface area contributed by atoms with Crippen LogP contribution in [-0.2, 0) is 6.61 Å². The van der Waals surface area contributed by atoms with Crippen molar-refractivity contribution in [3.8, 4) is 0 Å². The van der Waals surface area contributed by atoms with E-state index in [1.807, 2.05) is 6.07 Å². The fraction of sp³-hybridized carbons (Fsp3) is 0.455. The zero-order valence-electron chi connectivity index (χ0n) is 14.6. The number of hydrogen-bond acceptors (Lipinski definition) is 2. The van der Waals surface area contributed by atoms with Crippen LogP contribution in [0.1, 0.15) is 67.8 Å². The molecule has 0 amide bonds. The first kappa shape index (κ1) is 17.2. The van der Waals surface area contributed by atoms with E-state index in [9.17, 15) is 5.11 Å². The van der Waals surface area contributed by atoms with Gasteiger partial charge in [-0.25, -0.2) is 0 Å². The minimum atomic E-state index is 0.111. The number of nitrogens with one attached hydrogen (secondary N) is 1. The van der Waals surface area contributed by atoms with Crippen molar-refractivity contribution in [2.24, 2.45) is 5.92 Å². The molecule has 2 nitrogen and oxygen atoms in total. The SMILES string of the molecule is C[C@@H](NC(c1cccc(CO)c1)C1CCCCC1)c1ccccc1. The van der Waals surface area contributed by atoms with Crippen LogP contribution >= 0.6 is 0 Å². The molecule has 0 heterocycles. The molecule has 1 saturated carbocycles. The van der Waals surface area contributed by atoms with E-state index in [-0.39, 0.29) is 6.61 Å². The van der Waals surface area contributed by atoms with Gasteiger partial charge in [-0.1, -0.05) is 73.9 Å². The monoisotopic (exact) mass is 323 g/mol. The summed E-state index contributed by atoms with van der Waals surface area (Å²) in [5.74, 6) is 0.679. The molecule has 0 spiro atoms. The van der Waals surface area contributed by atoms with Gasteiger partial charge >= 0.3 is 0 Å².